The number of aryl methyl sites for hydroxylation is 1. The van der Waals surface area contributed by atoms with Gasteiger partial charge in [0.2, 0.25) is 0 Å². The van der Waals surface area contributed by atoms with Crippen LogP contribution in [0.1, 0.15) is 22.3 Å². The Balaban J connectivity index is 1.28. The summed E-state index contributed by atoms with van der Waals surface area (Å²) in [7, 11) is 0. The van der Waals surface area contributed by atoms with Gasteiger partial charge in [0.25, 0.3) is 0 Å². The van der Waals surface area contributed by atoms with Gasteiger partial charge < -0.3 is 0 Å². The second-order valence-corrected chi connectivity index (χ2v) is 17.8. The maximum Gasteiger partial charge on any atom is 0.106 e. The Morgan fingerprint density at radius 2 is 0.984 bits per heavy atom. The first-order valence-corrected chi connectivity index (χ1v) is 22.7. The van der Waals surface area contributed by atoms with Gasteiger partial charge in [-0.25, -0.2) is 0 Å². The van der Waals surface area contributed by atoms with Crippen molar-refractivity contribution in [3.63, 3.8) is 0 Å². The summed E-state index contributed by atoms with van der Waals surface area (Å²) < 4.78 is 2.51. The molecule has 0 amide bonds. The fourth-order valence-corrected chi connectivity index (χ4v) is 11.3. The number of benzene rings is 9. The molecule has 1 aliphatic rings. The highest BCUT2D eigenvalue weighted by Crippen LogP contribution is 2.54. The third kappa shape index (κ3) is 6.13. The van der Waals surface area contributed by atoms with Crippen molar-refractivity contribution in [2.24, 2.45) is 0 Å². The van der Waals surface area contributed by atoms with Crippen molar-refractivity contribution in [2.45, 2.75) is 20.3 Å². The summed E-state index contributed by atoms with van der Waals surface area (Å²) in [6, 6.07) is 72.5. The third-order valence-electron chi connectivity index (χ3n) is 13.2. The highest BCUT2D eigenvalue weighted by Gasteiger charge is 2.32. The molecule has 0 saturated carbocycles. The van der Waals surface area contributed by atoms with Crippen LogP contribution in [0.25, 0.3) is 109 Å². The first-order valence-electron chi connectivity index (χ1n) is 21.9. The zero-order valence-corrected chi connectivity index (χ0v) is 36.3. The molecule has 302 valence electrons. The molecule has 64 heavy (non-hydrogen) atoms. The van der Waals surface area contributed by atoms with E-state index in [1.807, 2.05) is 11.3 Å². The van der Waals surface area contributed by atoms with Crippen LogP contribution in [-0.2, 0) is 6.42 Å². The Kier molecular flexibility index (Phi) is 9.20. The second-order valence-electron chi connectivity index (χ2n) is 16.7. The van der Waals surface area contributed by atoms with E-state index in [2.05, 4.69) is 214 Å². The fraction of sp³-hybridized carbons (Fsp3) is 0.0500. The van der Waals surface area contributed by atoms with Gasteiger partial charge in [0.1, 0.15) is 11.4 Å². The fourth-order valence-electron chi connectivity index (χ4n) is 10.2. The van der Waals surface area contributed by atoms with Gasteiger partial charge in [-0.2, -0.15) is 0 Å². The van der Waals surface area contributed by atoms with Gasteiger partial charge in [-0.15, -0.1) is 21.5 Å². The first kappa shape index (κ1) is 37.9. The molecule has 1 aliphatic carbocycles. The van der Waals surface area contributed by atoms with Crippen LogP contribution in [-0.4, -0.2) is 15.4 Å². The zero-order valence-electron chi connectivity index (χ0n) is 35.5. The molecule has 2 aromatic heterocycles. The van der Waals surface area contributed by atoms with Crippen molar-refractivity contribution in [1.82, 2.24) is 15.4 Å². The maximum atomic E-state index is 5.31. The zero-order chi connectivity index (χ0) is 42.7. The minimum Gasteiger partial charge on any atom is -0.135 e. The van der Waals surface area contributed by atoms with Gasteiger partial charge in [0.15, 0.2) is 0 Å². The first-order chi connectivity index (χ1) is 31.6. The molecule has 9 aromatic carbocycles. The average molecular weight is 836 g/mol. The van der Waals surface area contributed by atoms with Crippen molar-refractivity contribution >= 4 is 31.5 Å². The van der Waals surface area contributed by atoms with Crippen LogP contribution >= 0.6 is 11.3 Å². The van der Waals surface area contributed by atoms with E-state index in [9.17, 15) is 0 Å². The number of fused-ring (bicyclic) bond motifs is 6. The summed E-state index contributed by atoms with van der Waals surface area (Å²) in [4.78, 5) is 0. The van der Waals surface area contributed by atoms with Crippen molar-refractivity contribution in [3.05, 3.63) is 222 Å². The summed E-state index contributed by atoms with van der Waals surface area (Å²) in [6.07, 6.45) is 0.821. The van der Waals surface area contributed by atoms with Crippen LogP contribution in [0.15, 0.2) is 200 Å². The van der Waals surface area contributed by atoms with Crippen molar-refractivity contribution in [1.29, 1.82) is 0 Å². The van der Waals surface area contributed by atoms with Crippen LogP contribution in [0, 0.1) is 13.8 Å². The predicted octanol–water partition coefficient (Wildman–Crippen LogP) is 16.1. The molecular weight excluding hydrogens is 795 g/mol. The number of rotatable bonds is 7. The molecule has 0 atom stereocenters. The van der Waals surface area contributed by atoms with Crippen LogP contribution in [0.2, 0.25) is 0 Å². The summed E-state index contributed by atoms with van der Waals surface area (Å²) in [5.74, 6) is 0. The van der Waals surface area contributed by atoms with Gasteiger partial charge in [-0.3, -0.25) is 0 Å². The molecule has 3 nitrogen and oxygen atoms in total. The van der Waals surface area contributed by atoms with Gasteiger partial charge in [-0.1, -0.05) is 188 Å². The van der Waals surface area contributed by atoms with E-state index in [4.69, 9.17) is 15.4 Å². The number of hydrogen-bond donors (Lipinski definition) is 0. The molecule has 0 aliphatic heterocycles. The van der Waals surface area contributed by atoms with E-state index in [-0.39, 0.29) is 0 Å². The summed E-state index contributed by atoms with van der Waals surface area (Å²) >= 11 is 1.85. The smallest absolute Gasteiger partial charge is 0.106 e. The van der Waals surface area contributed by atoms with Gasteiger partial charge in [0.05, 0.1) is 0 Å². The van der Waals surface area contributed by atoms with E-state index in [0.29, 0.717) is 0 Å². The van der Waals surface area contributed by atoms with Crippen LogP contribution in [0.4, 0.5) is 0 Å². The van der Waals surface area contributed by atoms with Crippen molar-refractivity contribution in [3.8, 4) is 89.3 Å². The largest absolute Gasteiger partial charge is 0.135 e. The molecule has 0 fully saturated rings. The average Bonchev–Trinajstić information content (AvgIpc) is 3.93. The van der Waals surface area contributed by atoms with Crippen LogP contribution < -0.4 is 0 Å². The van der Waals surface area contributed by atoms with E-state index in [1.165, 1.54) is 70.2 Å². The highest BCUT2D eigenvalue weighted by atomic mass is 32.1. The van der Waals surface area contributed by atoms with Crippen molar-refractivity contribution in [2.75, 3.05) is 0 Å². The third-order valence-corrected chi connectivity index (χ3v) is 14.3. The standard InChI is InChI=1S/C60H41N3S/c1-37-35-50-44-27-13-12-25-42(44)36-51(50)54(38(37)2)58-59(41-23-10-5-11-24-41)61-63-62-60(58)56-47(46-28-15-14-26-43(46)39-19-6-3-7-20-39)30-18-31-49(56)55-45(40-21-8-4-9-22-40)33-34-53-57(55)48-29-16-17-32-52(48)64-53/h3-35H,36H2,1-2H3. The van der Waals surface area contributed by atoms with E-state index < -0.39 is 0 Å². The topological polar surface area (TPSA) is 38.7 Å². The lowest BCUT2D eigenvalue weighted by atomic mass is 9.80. The van der Waals surface area contributed by atoms with E-state index in [1.54, 1.807) is 0 Å². The molecule has 0 saturated heterocycles. The minimum atomic E-state index is 0.810. The monoisotopic (exact) mass is 835 g/mol. The molecule has 2 heterocycles. The molecule has 0 spiro atoms. The summed E-state index contributed by atoms with van der Waals surface area (Å²) in [5.41, 5.74) is 22.6. The summed E-state index contributed by atoms with van der Waals surface area (Å²) in [5, 5.41) is 17.5. The lowest BCUT2D eigenvalue weighted by Crippen LogP contribution is -2.06. The Bertz CT molecular complexity index is 3590. The van der Waals surface area contributed by atoms with Gasteiger partial charge >= 0.3 is 0 Å². The summed E-state index contributed by atoms with van der Waals surface area (Å²) in [6.45, 7) is 4.52. The lowest BCUT2D eigenvalue weighted by Gasteiger charge is -2.24. The molecular formula is C60H41N3S. The maximum absolute atomic E-state index is 5.31. The molecule has 0 bridgehead atoms. The van der Waals surface area contributed by atoms with Gasteiger partial charge in [0, 0.05) is 36.9 Å². The molecule has 12 rings (SSSR count). The Morgan fingerprint density at radius 3 is 1.75 bits per heavy atom. The number of aromatic nitrogens is 3. The molecule has 4 heteroatoms. The predicted molar refractivity (Wildman–Crippen MR) is 268 cm³/mol. The molecule has 0 N–H and O–H groups in total. The highest BCUT2D eigenvalue weighted by molar-refractivity contribution is 7.26. The minimum absolute atomic E-state index is 0.810. The molecule has 0 unspecified atom stereocenters. The SMILES string of the molecule is Cc1cc2c(c(-c3c(-c4ccccc4)nnnc3-c3c(-c4ccccc4-c4ccccc4)cccc3-c3c(-c4ccccc4)ccc4sc5ccccc5c34)c1C)Cc1ccccc1-2. The lowest BCUT2D eigenvalue weighted by molar-refractivity contribution is 0.878. The van der Waals surface area contributed by atoms with Crippen LogP contribution in [0.5, 0.6) is 0 Å². The molecule has 0 radical (unpaired) electrons. The van der Waals surface area contributed by atoms with Gasteiger partial charge in [-0.05, 0) is 121 Å². The molecule has 11 aromatic rings. The Hall–Kier alpha value is -7.79. The van der Waals surface area contributed by atoms with E-state index in [0.717, 1.165) is 67.9 Å². The number of hydrogen-bond acceptors (Lipinski definition) is 4. The van der Waals surface area contributed by atoms with Crippen LogP contribution in [0.3, 0.4) is 0 Å². The number of thiophene rings is 1. The second kappa shape index (κ2) is 15.5. The Morgan fingerprint density at radius 1 is 0.391 bits per heavy atom. The number of nitrogens with zero attached hydrogens (tertiary/aromatic N) is 3. The Labute approximate surface area is 377 Å². The van der Waals surface area contributed by atoms with Crippen molar-refractivity contribution < 1.29 is 0 Å². The normalized spacial score (nSPS) is 11.8. The quantitative estimate of drug-likeness (QED) is 0.161. The van der Waals surface area contributed by atoms with E-state index >= 15 is 0 Å².